The smallest absolute Gasteiger partial charge is 0.345 e. The molecular weight excluding hydrogens is 324 g/mol. The molecule has 9 heteroatoms. The zero-order valence-electron chi connectivity index (χ0n) is 12.2. The van der Waals surface area contributed by atoms with Gasteiger partial charge < -0.3 is 39.8 Å². The number of aromatic hydroxyl groups is 1. The molecule has 0 radical (unpaired) electrons. The normalized spacial score (nSPS) is 33.7. The van der Waals surface area contributed by atoms with Crippen molar-refractivity contribution in [3.63, 3.8) is 0 Å². The molecule has 130 valence electrons. The molecule has 24 heavy (non-hydrogen) atoms. The van der Waals surface area contributed by atoms with Crippen LogP contribution >= 0.6 is 0 Å². The lowest BCUT2D eigenvalue weighted by atomic mass is 9.88. The molecule has 1 fully saturated rings. The summed E-state index contributed by atoms with van der Waals surface area (Å²) in [6.07, 6.45) is -7.01. The molecule has 0 saturated carbocycles. The molecule has 1 aromatic carbocycles. The highest BCUT2D eigenvalue weighted by molar-refractivity contribution is 5.78. The monoisotopic (exact) mass is 340 g/mol. The fourth-order valence-corrected chi connectivity index (χ4v) is 2.73. The molecule has 0 aliphatic carbocycles. The van der Waals surface area contributed by atoms with Crippen LogP contribution in [0.25, 0.3) is 11.0 Å². The number of rotatable bonds is 2. The maximum atomic E-state index is 12.2. The van der Waals surface area contributed by atoms with Gasteiger partial charge in [-0.05, 0) is 18.2 Å². The minimum atomic E-state index is -2.70. The maximum absolute atomic E-state index is 12.2. The van der Waals surface area contributed by atoms with E-state index in [1.807, 2.05) is 0 Å². The van der Waals surface area contributed by atoms with Gasteiger partial charge in [0.05, 0.1) is 12.2 Å². The van der Waals surface area contributed by atoms with Crippen LogP contribution in [0.4, 0.5) is 0 Å². The number of benzene rings is 1. The van der Waals surface area contributed by atoms with Crippen molar-refractivity contribution in [2.45, 2.75) is 30.2 Å². The van der Waals surface area contributed by atoms with Crippen LogP contribution in [0.5, 0.6) is 5.75 Å². The molecule has 1 unspecified atom stereocenters. The number of ether oxygens (including phenoxy) is 1. The molecule has 3 rings (SSSR count). The van der Waals surface area contributed by atoms with Crippen LogP contribution in [0, 0.1) is 0 Å². The van der Waals surface area contributed by atoms with Crippen molar-refractivity contribution >= 4 is 11.0 Å². The van der Waals surface area contributed by atoms with Gasteiger partial charge in [0.25, 0.3) is 0 Å². The third-order valence-electron chi connectivity index (χ3n) is 4.07. The molecular formula is C15H16O9. The number of phenolic OH excluding ortho intramolecular Hbond substituents is 1. The highest BCUT2D eigenvalue weighted by Gasteiger charge is 2.55. The molecule has 0 bridgehead atoms. The summed E-state index contributed by atoms with van der Waals surface area (Å²) in [4.78, 5) is 12.2. The van der Waals surface area contributed by atoms with E-state index in [9.17, 15) is 35.4 Å². The molecule has 5 atom stereocenters. The molecule has 2 heterocycles. The first-order valence-electron chi connectivity index (χ1n) is 7.10. The first kappa shape index (κ1) is 16.8. The highest BCUT2D eigenvalue weighted by atomic mass is 16.7. The lowest BCUT2D eigenvalue weighted by molar-refractivity contribution is -0.358. The number of phenols is 1. The average Bonchev–Trinajstić information content (AvgIpc) is 2.55. The predicted molar refractivity (Wildman–Crippen MR) is 78.0 cm³/mol. The van der Waals surface area contributed by atoms with E-state index in [4.69, 9.17) is 9.15 Å². The van der Waals surface area contributed by atoms with Gasteiger partial charge in [0.15, 0.2) is 0 Å². The van der Waals surface area contributed by atoms with Crippen molar-refractivity contribution in [3.05, 3.63) is 40.2 Å². The lowest BCUT2D eigenvalue weighted by Crippen LogP contribution is -2.64. The largest absolute Gasteiger partial charge is 0.508 e. The van der Waals surface area contributed by atoms with Crippen LogP contribution in [0.1, 0.15) is 5.56 Å². The van der Waals surface area contributed by atoms with Crippen molar-refractivity contribution in [2.75, 3.05) is 6.61 Å². The van der Waals surface area contributed by atoms with Gasteiger partial charge in [0, 0.05) is 11.5 Å². The SMILES string of the molecule is O=c1oc2cc(O)ccc2cc1C1(O)O[C@H](CO)[C@@H](O)[C@H](O)[C@H]1O. The molecule has 6 N–H and O–H groups in total. The Morgan fingerprint density at radius 2 is 1.83 bits per heavy atom. The molecule has 2 aromatic rings. The second-order valence-corrected chi connectivity index (χ2v) is 5.63. The van der Waals surface area contributed by atoms with Gasteiger partial charge in [-0.2, -0.15) is 0 Å². The fraction of sp³-hybridized carbons (Fsp3) is 0.400. The standard InChI is InChI=1S/C15H16O9/c16-5-10-11(18)12(19)13(20)15(22,24-10)8-3-6-1-2-7(17)4-9(6)23-14(8)21/h1-4,10-13,16-20,22H,5H2/t10-,11-,12+,13-,15?/m1/s1. The summed E-state index contributed by atoms with van der Waals surface area (Å²) in [6, 6.07) is 5.09. The quantitative estimate of drug-likeness (QED) is 0.344. The van der Waals surface area contributed by atoms with Crippen LogP contribution in [-0.2, 0) is 10.5 Å². The Morgan fingerprint density at radius 1 is 1.12 bits per heavy atom. The van der Waals surface area contributed by atoms with Crippen molar-refractivity contribution in [3.8, 4) is 5.75 Å². The van der Waals surface area contributed by atoms with Gasteiger partial charge in [-0.3, -0.25) is 0 Å². The zero-order valence-corrected chi connectivity index (χ0v) is 12.2. The second kappa shape index (κ2) is 5.81. The topological polar surface area (TPSA) is 161 Å². The fourth-order valence-electron chi connectivity index (χ4n) is 2.73. The number of aliphatic hydroxyl groups excluding tert-OH is 4. The number of hydrogen-bond acceptors (Lipinski definition) is 9. The van der Waals surface area contributed by atoms with Gasteiger partial charge in [-0.15, -0.1) is 0 Å². The first-order chi connectivity index (χ1) is 11.3. The minimum Gasteiger partial charge on any atom is -0.508 e. The number of aliphatic hydroxyl groups is 5. The van der Waals surface area contributed by atoms with Gasteiger partial charge in [0.1, 0.15) is 35.7 Å². The van der Waals surface area contributed by atoms with E-state index < -0.39 is 48.0 Å². The Kier molecular flexibility index (Phi) is 4.08. The maximum Gasteiger partial charge on any atom is 0.345 e. The van der Waals surface area contributed by atoms with Gasteiger partial charge in [-0.1, -0.05) is 0 Å². The minimum absolute atomic E-state index is 0.0388. The van der Waals surface area contributed by atoms with Gasteiger partial charge >= 0.3 is 5.63 Å². The molecule has 9 nitrogen and oxygen atoms in total. The Balaban J connectivity index is 2.15. The molecule has 1 aliphatic heterocycles. The van der Waals surface area contributed by atoms with E-state index >= 15 is 0 Å². The summed E-state index contributed by atoms with van der Waals surface area (Å²) in [5.41, 5.74) is -1.55. The van der Waals surface area contributed by atoms with Crippen molar-refractivity contribution in [2.24, 2.45) is 0 Å². The summed E-state index contributed by atoms with van der Waals surface area (Å²) in [5, 5.41) is 59.2. The van der Waals surface area contributed by atoms with E-state index in [-0.39, 0.29) is 11.3 Å². The third-order valence-corrected chi connectivity index (χ3v) is 4.07. The van der Waals surface area contributed by atoms with Gasteiger partial charge in [0.2, 0.25) is 5.79 Å². The summed E-state index contributed by atoms with van der Waals surface area (Å²) in [7, 11) is 0. The van der Waals surface area contributed by atoms with E-state index in [0.29, 0.717) is 5.39 Å². The first-order valence-corrected chi connectivity index (χ1v) is 7.10. The second-order valence-electron chi connectivity index (χ2n) is 5.63. The molecule has 0 spiro atoms. The van der Waals surface area contributed by atoms with E-state index in [0.717, 1.165) is 0 Å². The van der Waals surface area contributed by atoms with E-state index in [1.165, 1.54) is 24.3 Å². The van der Waals surface area contributed by atoms with Crippen LogP contribution in [0.2, 0.25) is 0 Å². The highest BCUT2D eigenvalue weighted by Crippen LogP contribution is 2.36. The average molecular weight is 340 g/mol. The Hall–Kier alpha value is -2.01. The van der Waals surface area contributed by atoms with Crippen molar-refractivity contribution in [1.29, 1.82) is 0 Å². The van der Waals surface area contributed by atoms with Gasteiger partial charge in [-0.25, -0.2) is 4.79 Å². The molecule has 1 aromatic heterocycles. The van der Waals surface area contributed by atoms with Crippen LogP contribution in [0.3, 0.4) is 0 Å². The summed E-state index contributed by atoms with van der Waals surface area (Å²) in [6.45, 7) is -0.764. The molecule has 0 amide bonds. The third kappa shape index (κ3) is 2.47. The lowest BCUT2D eigenvalue weighted by Gasteiger charge is -2.44. The Bertz CT molecular complexity index is 814. The van der Waals surface area contributed by atoms with E-state index in [1.54, 1.807) is 0 Å². The predicted octanol–water partition coefficient (Wildman–Crippen LogP) is -1.88. The van der Waals surface area contributed by atoms with Crippen LogP contribution < -0.4 is 5.63 Å². The summed E-state index contributed by atoms with van der Waals surface area (Å²) in [5.74, 6) is -2.83. The van der Waals surface area contributed by atoms with Crippen molar-refractivity contribution < 1.29 is 39.8 Å². The zero-order chi connectivity index (χ0) is 17.6. The Labute approximate surface area is 134 Å². The van der Waals surface area contributed by atoms with E-state index in [2.05, 4.69) is 0 Å². The van der Waals surface area contributed by atoms with Crippen LogP contribution in [-0.4, -0.2) is 61.7 Å². The van der Waals surface area contributed by atoms with Crippen molar-refractivity contribution in [1.82, 2.24) is 0 Å². The summed E-state index contributed by atoms with van der Waals surface area (Å²) < 4.78 is 10.1. The molecule has 1 saturated heterocycles. The number of hydrogen-bond donors (Lipinski definition) is 6. The number of fused-ring (bicyclic) bond motifs is 1. The molecule has 1 aliphatic rings. The summed E-state index contributed by atoms with van der Waals surface area (Å²) >= 11 is 0. The van der Waals surface area contributed by atoms with Crippen LogP contribution in [0.15, 0.2) is 33.5 Å². The Morgan fingerprint density at radius 3 is 2.50 bits per heavy atom.